The molecule has 7 heteroatoms. The number of carbonyl (C=O) groups excluding carboxylic acids is 2. The maximum Gasteiger partial charge on any atom is 0.338 e. The number of hydrogen-bond acceptors (Lipinski definition) is 6. The van der Waals surface area contributed by atoms with Gasteiger partial charge in [-0.05, 0) is 37.6 Å². The van der Waals surface area contributed by atoms with Crippen molar-refractivity contribution in [1.29, 1.82) is 0 Å². The molecule has 140 valence electrons. The van der Waals surface area contributed by atoms with Gasteiger partial charge in [0.2, 0.25) is 5.91 Å². The molecule has 0 aliphatic heterocycles. The Morgan fingerprint density at radius 1 is 1.19 bits per heavy atom. The standard InChI is InChI=1S/C19H24N2O4S/c1-4-6-11-24-17-9-7-15(8-10-17)18(23)25-12-16-13-26-19(20-16)21(5-2)14(3)22/h7-10,13H,4-6,11-12H2,1-3H3. The zero-order valence-electron chi connectivity index (χ0n) is 15.4. The summed E-state index contributed by atoms with van der Waals surface area (Å²) < 4.78 is 10.9. The van der Waals surface area contributed by atoms with Gasteiger partial charge in [0.15, 0.2) is 5.13 Å². The van der Waals surface area contributed by atoms with E-state index in [0.717, 1.165) is 18.6 Å². The monoisotopic (exact) mass is 376 g/mol. The van der Waals surface area contributed by atoms with E-state index in [1.54, 1.807) is 34.5 Å². The van der Waals surface area contributed by atoms with Crippen LogP contribution < -0.4 is 9.64 Å². The molecule has 0 saturated carbocycles. The fourth-order valence-electron chi connectivity index (χ4n) is 2.22. The summed E-state index contributed by atoms with van der Waals surface area (Å²) in [5, 5.41) is 2.40. The second kappa shape index (κ2) is 9.91. The van der Waals surface area contributed by atoms with Gasteiger partial charge in [-0.3, -0.25) is 9.69 Å². The number of anilines is 1. The third kappa shape index (κ3) is 5.56. The number of esters is 1. The summed E-state index contributed by atoms with van der Waals surface area (Å²) in [6, 6.07) is 6.90. The average molecular weight is 376 g/mol. The molecule has 1 aromatic heterocycles. The quantitative estimate of drug-likeness (QED) is 0.488. The molecule has 0 unspecified atom stereocenters. The number of ether oxygens (including phenoxy) is 2. The Bertz CT molecular complexity index is 727. The first-order valence-electron chi connectivity index (χ1n) is 8.67. The molecule has 0 bridgehead atoms. The van der Waals surface area contributed by atoms with Crippen molar-refractivity contribution < 1.29 is 19.1 Å². The number of hydrogen-bond donors (Lipinski definition) is 0. The van der Waals surface area contributed by atoms with Crippen LogP contribution in [0, 0.1) is 0 Å². The second-order valence-corrected chi connectivity index (χ2v) is 6.52. The molecule has 0 aliphatic rings. The molecule has 0 atom stereocenters. The molecule has 1 heterocycles. The maximum atomic E-state index is 12.1. The highest BCUT2D eigenvalue weighted by Gasteiger charge is 2.14. The molecule has 2 rings (SSSR count). The molecule has 0 aliphatic carbocycles. The van der Waals surface area contributed by atoms with Crippen molar-refractivity contribution in [3.8, 4) is 5.75 Å². The van der Waals surface area contributed by atoms with Crippen molar-refractivity contribution in [1.82, 2.24) is 4.98 Å². The van der Waals surface area contributed by atoms with Crippen LogP contribution in [0.15, 0.2) is 29.6 Å². The third-order valence-corrected chi connectivity index (χ3v) is 4.59. The Kier molecular flexibility index (Phi) is 7.59. The van der Waals surface area contributed by atoms with Crippen LogP contribution in [0.1, 0.15) is 49.7 Å². The highest BCUT2D eigenvalue weighted by molar-refractivity contribution is 7.14. The summed E-state index contributed by atoms with van der Waals surface area (Å²) in [6.07, 6.45) is 2.07. The molecule has 0 radical (unpaired) electrons. The van der Waals surface area contributed by atoms with Crippen molar-refractivity contribution in [2.24, 2.45) is 0 Å². The Labute approximate surface area is 157 Å². The minimum absolute atomic E-state index is 0.0633. The Morgan fingerprint density at radius 3 is 2.54 bits per heavy atom. The molecule has 0 saturated heterocycles. The van der Waals surface area contributed by atoms with Crippen LogP contribution in [0.4, 0.5) is 5.13 Å². The lowest BCUT2D eigenvalue weighted by molar-refractivity contribution is -0.116. The Hall–Kier alpha value is -2.41. The Balaban J connectivity index is 1.88. The van der Waals surface area contributed by atoms with Crippen molar-refractivity contribution >= 4 is 28.3 Å². The molecular formula is C19H24N2O4S. The Morgan fingerprint density at radius 2 is 1.92 bits per heavy atom. The predicted molar refractivity (Wildman–Crippen MR) is 102 cm³/mol. The summed E-state index contributed by atoms with van der Waals surface area (Å²) in [7, 11) is 0. The summed E-state index contributed by atoms with van der Waals surface area (Å²) in [6.45, 7) is 6.78. The highest BCUT2D eigenvalue weighted by Crippen LogP contribution is 2.21. The van der Waals surface area contributed by atoms with Crippen LogP contribution in [0.25, 0.3) is 0 Å². The van der Waals surface area contributed by atoms with E-state index in [-0.39, 0.29) is 12.5 Å². The van der Waals surface area contributed by atoms with Gasteiger partial charge in [0.25, 0.3) is 0 Å². The first-order valence-corrected chi connectivity index (χ1v) is 9.55. The first kappa shape index (κ1) is 19.9. The van der Waals surface area contributed by atoms with E-state index in [0.29, 0.717) is 29.5 Å². The highest BCUT2D eigenvalue weighted by atomic mass is 32.1. The lowest BCUT2D eigenvalue weighted by Crippen LogP contribution is -2.27. The van der Waals surface area contributed by atoms with E-state index in [4.69, 9.17) is 9.47 Å². The van der Waals surface area contributed by atoms with Gasteiger partial charge in [-0.1, -0.05) is 13.3 Å². The van der Waals surface area contributed by atoms with Crippen LogP contribution in [0.3, 0.4) is 0 Å². The number of aromatic nitrogens is 1. The van der Waals surface area contributed by atoms with Crippen LogP contribution in [0.2, 0.25) is 0 Å². The first-order chi connectivity index (χ1) is 12.5. The van der Waals surface area contributed by atoms with E-state index in [2.05, 4.69) is 11.9 Å². The number of benzene rings is 1. The van der Waals surface area contributed by atoms with Crippen molar-refractivity contribution in [3.05, 3.63) is 40.9 Å². The topological polar surface area (TPSA) is 68.7 Å². The number of thiazole rings is 1. The second-order valence-electron chi connectivity index (χ2n) is 5.69. The third-order valence-electron chi connectivity index (χ3n) is 3.67. The van der Waals surface area contributed by atoms with Gasteiger partial charge >= 0.3 is 5.97 Å². The minimum Gasteiger partial charge on any atom is -0.494 e. The van der Waals surface area contributed by atoms with Crippen molar-refractivity contribution in [2.75, 3.05) is 18.1 Å². The molecule has 0 fully saturated rings. The van der Waals surface area contributed by atoms with Gasteiger partial charge in [-0.2, -0.15) is 0 Å². The molecule has 2 aromatic rings. The normalized spacial score (nSPS) is 10.4. The van der Waals surface area contributed by atoms with Gasteiger partial charge in [0.1, 0.15) is 12.4 Å². The van der Waals surface area contributed by atoms with Crippen molar-refractivity contribution in [3.63, 3.8) is 0 Å². The van der Waals surface area contributed by atoms with Crippen LogP contribution in [-0.4, -0.2) is 30.0 Å². The SMILES string of the molecule is CCCCOc1ccc(C(=O)OCc2csc(N(CC)C(C)=O)n2)cc1. The predicted octanol–water partition coefficient (Wildman–Crippen LogP) is 4.05. The minimum atomic E-state index is -0.418. The molecule has 1 amide bonds. The summed E-state index contributed by atoms with van der Waals surface area (Å²) in [5.41, 5.74) is 1.08. The van der Waals surface area contributed by atoms with Crippen LogP contribution >= 0.6 is 11.3 Å². The maximum absolute atomic E-state index is 12.1. The van der Waals surface area contributed by atoms with E-state index < -0.39 is 5.97 Å². The fraction of sp³-hybridized carbons (Fsp3) is 0.421. The number of carbonyl (C=O) groups is 2. The van der Waals surface area contributed by atoms with E-state index >= 15 is 0 Å². The zero-order valence-corrected chi connectivity index (χ0v) is 16.2. The summed E-state index contributed by atoms with van der Waals surface area (Å²) in [5.74, 6) is 0.258. The molecular weight excluding hydrogens is 352 g/mol. The van der Waals surface area contributed by atoms with E-state index in [9.17, 15) is 9.59 Å². The van der Waals surface area contributed by atoms with Crippen LogP contribution in [0.5, 0.6) is 5.75 Å². The molecule has 0 N–H and O–H groups in total. The summed E-state index contributed by atoms with van der Waals surface area (Å²) in [4.78, 5) is 29.6. The summed E-state index contributed by atoms with van der Waals surface area (Å²) >= 11 is 1.36. The van der Waals surface area contributed by atoms with Gasteiger partial charge in [0, 0.05) is 18.8 Å². The number of amides is 1. The molecule has 0 spiro atoms. The van der Waals surface area contributed by atoms with E-state index in [1.165, 1.54) is 18.3 Å². The van der Waals surface area contributed by atoms with Gasteiger partial charge in [0.05, 0.1) is 17.9 Å². The largest absolute Gasteiger partial charge is 0.494 e. The number of rotatable bonds is 9. The zero-order chi connectivity index (χ0) is 18.9. The molecule has 26 heavy (non-hydrogen) atoms. The number of nitrogens with zero attached hydrogens (tertiary/aromatic N) is 2. The number of unbranched alkanes of at least 4 members (excludes halogenated alkanes) is 1. The van der Waals surface area contributed by atoms with Gasteiger partial charge in [-0.15, -0.1) is 11.3 Å². The molecule has 6 nitrogen and oxygen atoms in total. The average Bonchev–Trinajstić information content (AvgIpc) is 3.09. The van der Waals surface area contributed by atoms with Gasteiger partial charge < -0.3 is 9.47 Å². The van der Waals surface area contributed by atoms with E-state index in [1.807, 2.05) is 6.92 Å². The smallest absolute Gasteiger partial charge is 0.338 e. The van der Waals surface area contributed by atoms with Gasteiger partial charge in [-0.25, -0.2) is 9.78 Å². The molecule has 1 aromatic carbocycles. The van der Waals surface area contributed by atoms with Crippen LogP contribution in [-0.2, 0) is 16.1 Å². The van der Waals surface area contributed by atoms with Crippen molar-refractivity contribution in [2.45, 2.75) is 40.2 Å². The lowest BCUT2D eigenvalue weighted by atomic mass is 10.2. The fourth-order valence-corrected chi connectivity index (χ4v) is 3.14. The lowest BCUT2D eigenvalue weighted by Gasteiger charge is -2.14.